The number of benzene rings is 1. The van der Waals surface area contributed by atoms with Crippen molar-refractivity contribution in [1.29, 1.82) is 5.26 Å². The third-order valence-corrected chi connectivity index (χ3v) is 4.61. The molecule has 1 aromatic rings. The molecule has 0 aliphatic heterocycles. The number of amides is 1. The number of carbonyl (C=O) groups is 1. The van der Waals surface area contributed by atoms with Crippen molar-refractivity contribution in [1.82, 2.24) is 0 Å². The molecule has 0 spiro atoms. The minimum atomic E-state index is 0.0904. The first-order valence-electron chi connectivity index (χ1n) is 7.04. The molecule has 0 unspecified atom stereocenters. The highest BCUT2D eigenvalue weighted by Crippen LogP contribution is 2.49. The van der Waals surface area contributed by atoms with Gasteiger partial charge in [0.05, 0.1) is 11.6 Å². The standard InChI is InChI=1S/C16H18N2O/c17-10-12-2-1-3-15(8-12)18-16(19)9-14-7-11-4-5-13(14)6-11/h1-3,8,11,13-14H,4-7,9H2,(H,18,19)/t11-,13+,14-/m0/s1. The zero-order chi connectivity index (χ0) is 13.2. The van der Waals surface area contributed by atoms with Gasteiger partial charge in [-0.15, -0.1) is 0 Å². The largest absolute Gasteiger partial charge is 0.326 e. The number of rotatable bonds is 3. The Kier molecular flexibility index (Phi) is 3.25. The van der Waals surface area contributed by atoms with Crippen LogP contribution in [-0.4, -0.2) is 5.91 Å². The third kappa shape index (κ3) is 2.63. The molecule has 0 radical (unpaired) electrons. The summed E-state index contributed by atoms with van der Waals surface area (Å²) >= 11 is 0. The number of carbonyl (C=O) groups excluding carboxylic acids is 1. The number of nitrogens with one attached hydrogen (secondary N) is 1. The van der Waals surface area contributed by atoms with Crippen LogP contribution in [0.15, 0.2) is 24.3 Å². The van der Waals surface area contributed by atoms with Crippen molar-refractivity contribution in [2.45, 2.75) is 32.1 Å². The van der Waals surface area contributed by atoms with Gasteiger partial charge in [0.15, 0.2) is 0 Å². The normalized spacial score (nSPS) is 28.1. The summed E-state index contributed by atoms with van der Waals surface area (Å²) in [5, 5.41) is 11.7. The van der Waals surface area contributed by atoms with Crippen LogP contribution in [0.4, 0.5) is 5.69 Å². The first-order valence-corrected chi connectivity index (χ1v) is 7.04. The second kappa shape index (κ2) is 5.05. The van der Waals surface area contributed by atoms with Crippen LogP contribution in [0, 0.1) is 29.1 Å². The van der Waals surface area contributed by atoms with Gasteiger partial charge < -0.3 is 5.32 Å². The van der Waals surface area contributed by atoms with Crippen molar-refractivity contribution < 1.29 is 4.79 Å². The van der Waals surface area contributed by atoms with Gasteiger partial charge >= 0.3 is 0 Å². The SMILES string of the molecule is N#Cc1cccc(NC(=O)C[C@@H]2C[C@H]3CC[C@@H]2C3)c1. The van der Waals surface area contributed by atoms with Crippen LogP contribution in [0.1, 0.15) is 37.7 Å². The average Bonchev–Trinajstić information content (AvgIpc) is 3.01. The lowest BCUT2D eigenvalue weighted by molar-refractivity contribution is -0.117. The van der Waals surface area contributed by atoms with E-state index in [2.05, 4.69) is 11.4 Å². The number of fused-ring (bicyclic) bond motifs is 2. The summed E-state index contributed by atoms with van der Waals surface area (Å²) in [5.41, 5.74) is 1.31. The summed E-state index contributed by atoms with van der Waals surface area (Å²) in [6.45, 7) is 0. The molecule has 3 rings (SSSR count). The Bertz CT molecular complexity index is 532. The topological polar surface area (TPSA) is 52.9 Å². The highest BCUT2D eigenvalue weighted by molar-refractivity contribution is 5.91. The molecule has 19 heavy (non-hydrogen) atoms. The van der Waals surface area contributed by atoms with Gasteiger partial charge in [0, 0.05) is 12.1 Å². The Labute approximate surface area is 113 Å². The van der Waals surface area contributed by atoms with E-state index >= 15 is 0 Å². The Hall–Kier alpha value is -1.82. The Morgan fingerprint density at radius 3 is 2.95 bits per heavy atom. The van der Waals surface area contributed by atoms with E-state index in [0.717, 1.165) is 17.5 Å². The van der Waals surface area contributed by atoms with Crippen LogP contribution in [0.5, 0.6) is 0 Å². The van der Waals surface area contributed by atoms with Crippen molar-refractivity contribution in [3.05, 3.63) is 29.8 Å². The molecule has 0 saturated heterocycles. The van der Waals surface area contributed by atoms with Gasteiger partial charge in [0.25, 0.3) is 0 Å². The van der Waals surface area contributed by atoms with E-state index in [-0.39, 0.29) is 5.91 Å². The highest BCUT2D eigenvalue weighted by Gasteiger charge is 2.40. The lowest BCUT2D eigenvalue weighted by atomic mass is 9.86. The predicted octanol–water partition coefficient (Wildman–Crippen LogP) is 3.32. The van der Waals surface area contributed by atoms with Crippen LogP contribution >= 0.6 is 0 Å². The summed E-state index contributed by atoms with van der Waals surface area (Å²) < 4.78 is 0. The smallest absolute Gasteiger partial charge is 0.224 e. The Morgan fingerprint density at radius 1 is 1.37 bits per heavy atom. The van der Waals surface area contributed by atoms with Gasteiger partial charge in [-0.25, -0.2) is 0 Å². The first kappa shape index (κ1) is 12.2. The van der Waals surface area contributed by atoms with Gasteiger partial charge in [-0.3, -0.25) is 4.79 Å². The lowest BCUT2D eigenvalue weighted by Gasteiger charge is -2.20. The maximum absolute atomic E-state index is 12.1. The Morgan fingerprint density at radius 2 is 2.26 bits per heavy atom. The quantitative estimate of drug-likeness (QED) is 0.899. The second-order valence-corrected chi connectivity index (χ2v) is 5.88. The number of nitrogens with zero attached hydrogens (tertiary/aromatic N) is 1. The summed E-state index contributed by atoms with van der Waals surface area (Å²) in [4.78, 5) is 12.1. The predicted molar refractivity (Wildman–Crippen MR) is 73.3 cm³/mol. The van der Waals surface area contributed by atoms with E-state index in [4.69, 9.17) is 5.26 Å². The second-order valence-electron chi connectivity index (χ2n) is 5.88. The summed E-state index contributed by atoms with van der Waals surface area (Å²) in [5.74, 6) is 2.33. The minimum absolute atomic E-state index is 0.0904. The molecular formula is C16H18N2O. The Balaban J connectivity index is 1.58. The molecule has 0 aromatic heterocycles. The van der Waals surface area contributed by atoms with Crippen molar-refractivity contribution in [2.75, 3.05) is 5.32 Å². The summed E-state index contributed by atoms with van der Waals surface area (Å²) in [7, 11) is 0. The molecule has 0 heterocycles. The van der Waals surface area contributed by atoms with E-state index in [1.54, 1.807) is 18.2 Å². The fourth-order valence-electron chi connectivity index (χ4n) is 3.74. The molecule has 98 valence electrons. The van der Waals surface area contributed by atoms with Crippen LogP contribution in [-0.2, 0) is 4.79 Å². The summed E-state index contributed by atoms with van der Waals surface area (Å²) in [6.07, 6.45) is 5.88. The maximum Gasteiger partial charge on any atom is 0.224 e. The van der Waals surface area contributed by atoms with E-state index in [1.165, 1.54) is 25.7 Å². The zero-order valence-electron chi connectivity index (χ0n) is 10.9. The fraction of sp³-hybridized carbons (Fsp3) is 0.500. The van der Waals surface area contributed by atoms with Gasteiger partial charge in [-0.05, 0) is 55.2 Å². The lowest BCUT2D eigenvalue weighted by Crippen LogP contribution is -2.20. The molecule has 3 heteroatoms. The van der Waals surface area contributed by atoms with E-state index in [9.17, 15) is 4.79 Å². The molecule has 2 fully saturated rings. The average molecular weight is 254 g/mol. The van der Waals surface area contributed by atoms with E-state index < -0.39 is 0 Å². The van der Waals surface area contributed by atoms with Gasteiger partial charge in [0.2, 0.25) is 5.91 Å². The number of hydrogen-bond acceptors (Lipinski definition) is 2. The van der Waals surface area contributed by atoms with E-state index in [1.807, 2.05) is 6.07 Å². The number of hydrogen-bond donors (Lipinski definition) is 1. The van der Waals surface area contributed by atoms with Crippen LogP contribution in [0.25, 0.3) is 0 Å². The zero-order valence-corrected chi connectivity index (χ0v) is 10.9. The van der Waals surface area contributed by atoms with Gasteiger partial charge in [-0.1, -0.05) is 12.5 Å². The third-order valence-electron chi connectivity index (χ3n) is 4.61. The fourth-order valence-corrected chi connectivity index (χ4v) is 3.74. The monoisotopic (exact) mass is 254 g/mol. The molecule has 3 nitrogen and oxygen atoms in total. The highest BCUT2D eigenvalue weighted by atomic mass is 16.1. The van der Waals surface area contributed by atoms with Crippen LogP contribution in [0.2, 0.25) is 0 Å². The molecule has 3 atom stereocenters. The molecule has 1 N–H and O–H groups in total. The van der Waals surface area contributed by atoms with Crippen molar-refractivity contribution in [3.8, 4) is 6.07 Å². The molecule has 2 aliphatic carbocycles. The van der Waals surface area contributed by atoms with E-state index in [0.29, 0.717) is 17.9 Å². The summed E-state index contributed by atoms with van der Waals surface area (Å²) in [6, 6.07) is 9.18. The van der Waals surface area contributed by atoms with Gasteiger partial charge in [-0.2, -0.15) is 5.26 Å². The number of anilines is 1. The van der Waals surface area contributed by atoms with Crippen molar-refractivity contribution >= 4 is 11.6 Å². The maximum atomic E-state index is 12.1. The number of nitriles is 1. The molecule has 1 aromatic carbocycles. The molecule has 2 bridgehead atoms. The van der Waals surface area contributed by atoms with Crippen LogP contribution < -0.4 is 5.32 Å². The van der Waals surface area contributed by atoms with Crippen molar-refractivity contribution in [2.24, 2.45) is 17.8 Å². The minimum Gasteiger partial charge on any atom is -0.326 e. The molecule has 2 aliphatic rings. The van der Waals surface area contributed by atoms with Gasteiger partial charge in [0.1, 0.15) is 0 Å². The van der Waals surface area contributed by atoms with Crippen LogP contribution in [0.3, 0.4) is 0 Å². The van der Waals surface area contributed by atoms with Crippen molar-refractivity contribution in [3.63, 3.8) is 0 Å². The molecular weight excluding hydrogens is 236 g/mol. The molecule has 2 saturated carbocycles. The first-order chi connectivity index (χ1) is 9.24. The molecule has 1 amide bonds.